The summed E-state index contributed by atoms with van der Waals surface area (Å²) in [7, 11) is 1.54. The first-order valence-electron chi connectivity index (χ1n) is 5.15. The van der Waals surface area contributed by atoms with Crippen LogP contribution in [-0.2, 0) is 9.53 Å². The van der Waals surface area contributed by atoms with Crippen LogP contribution < -0.4 is 4.74 Å². The number of hydrogen-bond donors (Lipinski definition) is 0. The van der Waals surface area contributed by atoms with Crippen molar-refractivity contribution in [3.8, 4) is 5.75 Å². The van der Waals surface area contributed by atoms with Crippen LogP contribution in [0.2, 0.25) is 0 Å². The van der Waals surface area contributed by atoms with Crippen LogP contribution in [0.5, 0.6) is 5.75 Å². The summed E-state index contributed by atoms with van der Waals surface area (Å²) in [6.07, 6.45) is 1.35. The summed E-state index contributed by atoms with van der Waals surface area (Å²) in [6, 6.07) is 6.73. The van der Waals surface area contributed by atoms with E-state index in [1.165, 1.54) is 20.1 Å². The molecule has 0 saturated carbocycles. The highest BCUT2D eigenvalue weighted by atomic mass is 16.6. The van der Waals surface area contributed by atoms with Crippen molar-refractivity contribution in [1.82, 2.24) is 0 Å². The Hall–Kier alpha value is -2.37. The lowest BCUT2D eigenvalue weighted by molar-refractivity contribution is -0.428. The van der Waals surface area contributed by atoms with Crippen molar-refractivity contribution in [3.63, 3.8) is 0 Å². The summed E-state index contributed by atoms with van der Waals surface area (Å²) in [5.41, 5.74) is 0.449. The van der Waals surface area contributed by atoms with Crippen LogP contribution in [0.4, 0.5) is 0 Å². The van der Waals surface area contributed by atoms with E-state index in [0.717, 1.165) is 0 Å². The number of carbonyl (C=O) groups is 1. The summed E-state index contributed by atoms with van der Waals surface area (Å²) in [6.45, 7) is 0.847. The van der Waals surface area contributed by atoms with Gasteiger partial charge < -0.3 is 9.47 Å². The fourth-order valence-corrected chi connectivity index (χ4v) is 1.22. The minimum Gasteiger partial charge on any atom is -0.497 e. The van der Waals surface area contributed by atoms with Crippen LogP contribution in [0.15, 0.2) is 30.0 Å². The van der Waals surface area contributed by atoms with Crippen molar-refractivity contribution in [1.29, 1.82) is 0 Å². The van der Waals surface area contributed by atoms with Gasteiger partial charge in [0.05, 0.1) is 12.0 Å². The number of rotatable bonds is 5. The fourth-order valence-electron chi connectivity index (χ4n) is 1.22. The molecule has 0 saturated heterocycles. The quantitative estimate of drug-likeness (QED) is 0.453. The van der Waals surface area contributed by atoms with Gasteiger partial charge in [-0.15, -0.1) is 0 Å². The predicted molar refractivity (Wildman–Crippen MR) is 64.6 cm³/mol. The van der Waals surface area contributed by atoms with E-state index in [2.05, 4.69) is 4.74 Å². The molecule has 6 heteroatoms. The van der Waals surface area contributed by atoms with E-state index >= 15 is 0 Å². The van der Waals surface area contributed by atoms with Gasteiger partial charge in [0.15, 0.2) is 6.61 Å². The molecule has 0 aliphatic carbocycles. The Balaban J connectivity index is 2.86. The lowest BCUT2D eigenvalue weighted by Crippen LogP contribution is -2.09. The van der Waals surface area contributed by atoms with Crippen LogP contribution in [0.3, 0.4) is 0 Å². The maximum atomic E-state index is 10.8. The first-order chi connectivity index (χ1) is 8.52. The lowest BCUT2D eigenvalue weighted by atomic mass is 10.2. The Bertz CT molecular complexity index is 464. The molecule has 0 unspecified atom stereocenters. The highest BCUT2D eigenvalue weighted by Crippen LogP contribution is 2.14. The van der Waals surface area contributed by atoms with Gasteiger partial charge in [-0.25, -0.2) is 0 Å². The molecule has 1 aromatic carbocycles. The molecule has 0 aliphatic heterocycles. The average Bonchev–Trinajstić information content (AvgIpc) is 2.34. The van der Waals surface area contributed by atoms with Crippen molar-refractivity contribution >= 4 is 12.0 Å². The molecule has 0 fully saturated rings. The second-order valence-electron chi connectivity index (χ2n) is 3.45. The summed E-state index contributed by atoms with van der Waals surface area (Å²) < 4.78 is 9.59. The van der Waals surface area contributed by atoms with Gasteiger partial charge in [0.2, 0.25) is 0 Å². The molecule has 0 aromatic heterocycles. The second-order valence-corrected chi connectivity index (χ2v) is 3.45. The smallest absolute Gasteiger partial charge is 0.303 e. The van der Waals surface area contributed by atoms with Gasteiger partial charge in [-0.2, -0.15) is 0 Å². The van der Waals surface area contributed by atoms with Gasteiger partial charge in [-0.05, 0) is 17.7 Å². The lowest BCUT2D eigenvalue weighted by Gasteiger charge is -2.01. The van der Waals surface area contributed by atoms with Crippen LogP contribution >= 0.6 is 0 Å². The van der Waals surface area contributed by atoms with Crippen molar-refractivity contribution < 1.29 is 19.2 Å². The van der Waals surface area contributed by atoms with Crippen molar-refractivity contribution in [2.24, 2.45) is 0 Å². The van der Waals surface area contributed by atoms with E-state index in [1.807, 2.05) is 0 Å². The number of nitrogens with zero attached hydrogens (tertiary/aromatic N) is 1. The standard InChI is InChI=1S/C12H13NO5/c1-9(14)18-8-11(13(15)16)7-10-3-5-12(17-2)6-4-10/h3-7H,8H2,1-2H3/b11-7+. The Morgan fingerprint density at radius 3 is 2.44 bits per heavy atom. The summed E-state index contributed by atoms with van der Waals surface area (Å²) in [4.78, 5) is 20.8. The second kappa shape index (κ2) is 6.39. The van der Waals surface area contributed by atoms with E-state index in [9.17, 15) is 14.9 Å². The predicted octanol–water partition coefficient (Wildman–Crippen LogP) is 1.88. The number of esters is 1. The molecule has 0 N–H and O–H groups in total. The third-order valence-electron chi connectivity index (χ3n) is 2.11. The van der Waals surface area contributed by atoms with Crippen molar-refractivity contribution in [2.75, 3.05) is 13.7 Å². The molecule has 1 aromatic rings. The maximum Gasteiger partial charge on any atom is 0.303 e. The molecule has 18 heavy (non-hydrogen) atoms. The molecule has 96 valence electrons. The molecule has 0 heterocycles. The number of ether oxygens (including phenoxy) is 2. The zero-order chi connectivity index (χ0) is 13.5. The van der Waals surface area contributed by atoms with E-state index in [4.69, 9.17) is 4.74 Å². The average molecular weight is 251 g/mol. The van der Waals surface area contributed by atoms with E-state index in [0.29, 0.717) is 11.3 Å². The first kappa shape index (κ1) is 13.7. The highest BCUT2D eigenvalue weighted by Gasteiger charge is 2.12. The van der Waals surface area contributed by atoms with Crippen molar-refractivity contribution in [2.45, 2.75) is 6.92 Å². The molecule has 0 amide bonds. The summed E-state index contributed by atoms with van der Waals surface area (Å²) >= 11 is 0. The SMILES string of the molecule is COc1ccc(/C=C(\COC(C)=O)[N+](=O)[O-])cc1. The fraction of sp³-hybridized carbons (Fsp3) is 0.250. The topological polar surface area (TPSA) is 78.7 Å². The highest BCUT2D eigenvalue weighted by molar-refractivity contribution is 5.66. The van der Waals surface area contributed by atoms with Crippen LogP contribution in [0.1, 0.15) is 12.5 Å². The number of benzene rings is 1. The monoisotopic (exact) mass is 251 g/mol. The Morgan fingerprint density at radius 2 is 2.00 bits per heavy atom. The van der Waals surface area contributed by atoms with Gasteiger partial charge in [-0.3, -0.25) is 14.9 Å². The number of hydrogen-bond acceptors (Lipinski definition) is 5. The molecule has 0 aliphatic rings. The molecule has 1 rings (SSSR count). The molecule has 0 spiro atoms. The van der Waals surface area contributed by atoms with Gasteiger partial charge >= 0.3 is 5.97 Å². The zero-order valence-corrected chi connectivity index (χ0v) is 10.1. The normalized spacial score (nSPS) is 10.9. The third-order valence-corrected chi connectivity index (χ3v) is 2.11. The van der Waals surface area contributed by atoms with Gasteiger partial charge in [0.1, 0.15) is 5.75 Å². The van der Waals surface area contributed by atoms with Crippen LogP contribution in [0, 0.1) is 10.1 Å². The number of methoxy groups -OCH3 is 1. The van der Waals surface area contributed by atoms with Gasteiger partial charge in [-0.1, -0.05) is 12.1 Å². The minimum atomic E-state index is -0.576. The Morgan fingerprint density at radius 1 is 1.39 bits per heavy atom. The largest absolute Gasteiger partial charge is 0.497 e. The molecule has 0 radical (unpaired) electrons. The molecular formula is C12H13NO5. The molecular weight excluding hydrogens is 238 g/mol. The Labute approximate surface area is 104 Å². The minimum absolute atomic E-state index is 0.185. The van der Waals surface area contributed by atoms with Crippen LogP contribution in [0.25, 0.3) is 6.08 Å². The van der Waals surface area contributed by atoms with Gasteiger partial charge in [0.25, 0.3) is 5.70 Å². The van der Waals surface area contributed by atoms with Gasteiger partial charge in [0, 0.05) is 13.0 Å². The van der Waals surface area contributed by atoms with E-state index in [-0.39, 0.29) is 12.3 Å². The van der Waals surface area contributed by atoms with E-state index < -0.39 is 10.9 Å². The third kappa shape index (κ3) is 4.25. The summed E-state index contributed by atoms with van der Waals surface area (Å²) in [5.74, 6) is 0.104. The number of carbonyl (C=O) groups excluding carboxylic acids is 1. The van der Waals surface area contributed by atoms with Crippen LogP contribution in [-0.4, -0.2) is 24.6 Å². The van der Waals surface area contributed by atoms with E-state index in [1.54, 1.807) is 24.3 Å². The molecule has 6 nitrogen and oxygen atoms in total. The molecule has 0 atom stereocenters. The zero-order valence-electron chi connectivity index (χ0n) is 10.1. The molecule has 0 bridgehead atoms. The number of nitro groups is 1. The maximum absolute atomic E-state index is 10.8. The first-order valence-corrected chi connectivity index (χ1v) is 5.15. The Kier molecular flexibility index (Phi) is 4.86. The van der Waals surface area contributed by atoms with Crippen molar-refractivity contribution in [3.05, 3.63) is 45.6 Å². The summed E-state index contributed by atoms with van der Waals surface area (Å²) in [5, 5.41) is 10.8.